The summed E-state index contributed by atoms with van der Waals surface area (Å²) in [5.41, 5.74) is 0.966. The average molecular weight is 372 g/mol. The number of nitro groups is 1. The normalized spacial score (nSPS) is 11.5. The van der Waals surface area contributed by atoms with Crippen LogP contribution < -0.4 is 10.1 Å². The van der Waals surface area contributed by atoms with Gasteiger partial charge in [-0.05, 0) is 42.0 Å². The smallest absolute Gasteiger partial charge is 0.269 e. The van der Waals surface area contributed by atoms with Crippen LogP contribution in [0.1, 0.15) is 35.4 Å². The van der Waals surface area contributed by atoms with Crippen LogP contribution in [0.5, 0.6) is 5.75 Å². The lowest BCUT2D eigenvalue weighted by Gasteiger charge is -2.12. The lowest BCUT2D eigenvalue weighted by atomic mass is 10.1. The first-order chi connectivity index (χ1) is 12.9. The third kappa shape index (κ3) is 5.89. The minimum atomic E-state index is -0.992. The summed E-state index contributed by atoms with van der Waals surface area (Å²) in [6.45, 7) is 1.49. The van der Waals surface area contributed by atoms with Crippen molar-refractivity contribution in [3.05, 3.63) is 69.8 Å². The van der Waals surface area contributed by atoms with E-state index in [2.05, 4.69) is 5.32 Å². The highest BCUT2D eigenvalue weighted by atomic mass is 16.6. The van der Waals surface area contributed by atoms with Crippen LogP contribution in [0.2, 0.25) is 0 Å². The summed E-state index contributed by atoms with van der Waals surface area (Å²) in [6.07, 6.45) is -0.575. The van der Waals surface area contributed by atoms with Gasteiger partial charge < -0.3 is 15.2 Å². The maximum Gasteiger partial charge on any atom is 0.269 e. The number of ketones is 1. The van der Waals surface area contributed by atoms with Crippen molar-refractivity contribution in [2.75, 3.05) is 13.2 Å². The molecule has 2 rings (SSSR count). The molecule has 142 valence electrons. The predicted molar refractivity (Wildman–Crippen MR) is 97.6 cm³/mol. The first-order valence-corrected chi connectivity index (χ1v) is 8.36. The molecular formula is C19H20N2O6. The Morgan fingerprint density at radius 1 is 1.15 bits per heavy atom. The van der Waals surface area contributed by atoms with Crippen molar-refractivity contribution in [1.82, 2.24) is 5.32 Å². The van der Waals surface area contributed by atoms with E-state index in [1.54, 1.807) is 31.2 Å². The lowest BCUT2D eigenvalue weighted by Crippen LogP contribution is -2.32. The molecule has 0 radical (unpaired) electrons. The molecule has 0 heterocycles. The summed E-state index contributed by atoms with van der Waals surface area (Å²) in [6, 6.07) is 11.9. The van der Waals surface area contributed by atoms with E-state index in [-0.39, 0.29) is 24.6 Å². The third-order valence-corrected chi connectivity index (χ3v) is 3.85. The topological polar surface area (TPSA) is 119 Å². The first-order valence-electron chi connectivity index (χ1n) is 8.36. The molecule has 1 atom stereocenters. The third-order valence-electron chi connectivity index (χ3n) is 3.85. The van der Waals surface area contributed by atoms with Crippen molar-refractivity contribution in [3.63, 3.8) is 0 Å². The summed E-state index contributed by atoms with van der Waals surface area (Å²) in [5, 5.41) is 23.2. The van der Waals surface area contributed by atoms with Crippen LogP contribution in [0, 0.1) is 10.1 Å². The molecule has 0 spiro atoms. The minimum Gasteiger partial charge on any atom is -0.484 e. The Hall–Kier alpha value is -3.26. The lowest BCUT2D eigenvalue weighted by molar-refractivity contribution is -0.384. The largest absolute Gasteiger partial charge is 0.484 e. The van der Waals surface area contributed by atoms with Crippen molar-refractivity contribution in [1.29, 1.82) is 0 Å². The Balaban J connectivity index is 1.78. The van der Waals surface area contributed by atoms with Crippen LogP contribution in [0.25, 0.3) is 0 Å². The zero-order chi connectivity index (χ0) is 19.8. The molecule has 1 unspecified atom stereocenters. The number of nitrogens with one attached hydrogen (secondary N) is 1. The van der Waals surface area contributed by atoms with Crippen LogP contribution in [0.4, 0.5) is 5.69 Å². The second-order valence-corrected chi connectivity index (χ2v) is 5.76. The van der Waals surface area contributed by atoms with E-state index in [1.807, 2.05) is 0 Å². The molecule has 0 aliphatic carbocycles. The number of aliphatic hydroxyl groups excluding tert-OH is 1. The molecule has 0 fully saturated rings. The molecule has 0 saturated heterocycles. The Morgan fingerprint density at radius 3 is 2.33 bits per heavy atom. The van der Waals surface area contributed by atoms with E-state index >= 15 is 0 Å². The molecule has 0 bridgehead atoms. The monoisotopic (exact) mass is 372 g/mol. The van der Waals surface area contributed by atoms with Crippen molar-refractivity contribution < 1.29 is 24.4 Å². The number of ether oxygens (including phenoxy) is 1. The molecule has 27 heavy (non-hydrogen) atoms. The van der Waals surface area contributed by atoms with Gasteiger partial charge in [-0.2, -0.15) is 0 Å². The molecule has 2 N–H and O–H groups in total. The molecule has 2 aromatic rings. The van der Waals surface area contributed by atoms with E-state index in [4.69, 9.17) is 4.74 Å². The van der Waals surface area contributed by atoms with Crippen LogP contribution in [-0.4, -0.2) is 34.9 Å². The van der Waals surface area contributed by atoms with Gasteiger partial charge in [0.2, 0.25) is 0 Å². The van der Waals surface area contributed by atoms with Gasteiger partial charge >= 0.3 is 0 Å². The maximum absolute atomic E-state index is 11.8. The van der Waals surface area contributed by atoms with Gasteiger partial charge in [-0.1, -0.05) is 6.92 Å². The first kappa shape index (κ1) is 20.1. The zero-order valence-corrected chi connectivity index (χ0v) is 14.8. The molecule has 8 nitrogen and oxygen atoms in total. The fourth-order valence-electron chi connectivity index (χ4n) is 2.29. The molecular weight excluding hydrogens is 352 g/mol. The molecule has 2 aromatic carbocycles. The Bertz CT molecular complexity index is 802. The quantitative estimate of drug-likeness (QED) is 0.396. The zero-order valence-electron chi connectivity index (χ0n) is 14.8. The summed E-state index contributed by atoms with van der Waals surface area (Å²) in [7, 11) is 0. The van der Waals surface area contributed by atoms with E-state index in [0.717, 1.165) is 0 Å². The van der Waals surface area contributed by atoms with E-state index in [1.165, 1.54) is 24.3 Å². The molecule has 0 aliphatic rings. The molecule has 1 amide bonds. The second-order valence-electron chi connectivity index (χ2n) is 5.76. The van der Waals surface area contributed by atoms with Crippen LogP contribution in [0.3, 0.4) is 0 Å². The van der Waals surface area contributed by atoms with Gasteiger partial charge in [-0.15, -0.1) is 0 Å². The number of nitrogens with zero attached hydrogens (tertiary/aromatic N) is 1. The number of Topliss-reactive ketones (excluding diaryl/α,β-unsaturated/α-hetero) is 1. The van der Waals surface area contributed by atoms with Crippen LogP contribution in [0.15, 0.2) is 48.5 Å². The number of carbonyl (C=O) groups is 2. The number of carbonyl (C=O) groups excluding carboxylic acids is 2. The second kappa shape index (κ2) is 9.44. The van der Waals surface area contributed by atoms with Gasteiger partial charge in [0.25, 0.3) is 11.6 Å². The summed E-state index contributed by atoms with van der Waals surface area (Å²) in [5.74, 6) is 0.0536. The highest BCUT2D eigenvalue weighted by Crippen LogP contribution is 2.17. The Kier molecular flexibility index (Phi) is 7.01. The Morgan fingerprint density at radius 2 is 1.78 bits per heavy atom. The van der Waals surface area contributed by atoms with Crippen molar-refractivity contribution in [2.24, 2.45) is 0 Å². The van der Waals surface area contributed by atoms with Crippen molar-refractivity contribution in [3.8, 4) is 5.75 Å². The standard InChI is InChI=1S/C19H20N2O6/c1-2-17(22)13-5-9-16(10-6-13)27-12-19(24)20-11-18(23)14-3-7-15(8-4-14)21(25)26/h3-10,18,23H,2,11-12H2,1H3,(H,20,24). The van der Waals surface area contributed by atoms with Crippen molar-refractivity contribution in [2.45, 2.75) is 19.4 Å². The SMILES string of the molecule is CCC(=O)c1ccc(OCC(=O)NCC(O)c2ccc([N+](=O)[O-])cc2)cc1. The summed E-state index contributed by atoms with van der Waals surface area (Å²) >= 11 is 0. The molecule has 8 heteroatoms. The number of benzene rings is 2. The Labute approximate surface area is 155 Å². The van der Waals surface area contributed by atoms with Crippen LogP contribution >= 0.6 is 0 Å². The molecule has 0 aliphatic heterocycles. The predicted octanol–water partition coefficient (Wildman–Crippen LogP) is 2.42. The number of non-ortho nitro benzene ring substituents is 1. The number of amides is 1. The van der Waals surface area contributed by atoms with Gasteiger partial charge in [0.05, 0.1) is 11.0 Å². The summed E-state index contributed by atoms with van der Waals surface area (Å²) < 4.78 is 5.34. The van der Waals surface area contributed by atoms with E-state index < -0.39 is 16.9 Å². The number of rotatable bonds is 9. The van der Waals surface area contributed by atoms with Gasteiger partial charge in [0, 0.05) is 30.7 Å². The number of hydrogen-bond acceptors (Lipinski definition) is 6. The summed E-state index contributed by atoms with van der Waals surface area (Å²) in [4.78, 5) is 33.5. The fraction of sp³-hybridized carbons (Fsp3) is 0.263. The van der Waals surface area contributed by atoms with Crippen LogP contribution in [-0.2, 0) is 4.79 Å². The highest BCUT2D eigenvalue weighted by Gasteiger charge is 2.12. The molecule has 0 aromatic heterocycles. The highest BCUT2D eigenvalue weighted by molar-refractivity contribution is 5.95. The van der Waals surface area contributed by atoms with Crippen molar-refractivity contribution >= 4 is 17.4 Å². The van der Waals surface area contributed by atoms with Gasteiger partial charge in [-0.3, -0.25) is 19.7 Å². The number of nitro benzene ring substituents is 1. The fourth-order valence-corrected chi connectivity index (χ4v) is 2.29. The van der Waals surface area contributed by atoms with Gasteiger partial charge in [-0.25, -0.2) is 0 Å². The number of aliphatic hydroxyl groups is 1. The average Bonchev–Trinajstić information content (AvgIpc) is 2.70. The maximum atomic E-state index is 11.8. The van der Waals surface area contributed by atoms with Gasteiger partial charge in [0.1, 0.15) is 5.75 Å². The van der Waals surface area contributed by atoms with E-state index in [9.17, 15) is 24.8 Å². The minimum absolute atomic E-state index is 0.0273. The molecule has 0 saturated carbocycles. The van der Waals surface area contributed by atoms with Gasteiger partial charge in [0.15, 0.2) is 12.4 Å². The van der Waals surface area contributed by atoms with E-state index in [0.29, 0.717) is 23.3 Å². The number of hydrogen-bond donors (Lipinski definition) is 2.